The van der Waals surface area contributed by atoms with E-state index in [9.17, 15) is 10.2 Å². The number of benzene rings is 2. The van der Waals surface area contributed by atoms with E-state index in [2.05, 4.69) is 11.8 Å². The highest BCUT2D eigenvalue weighted by Crippen LogP contribution is 2.17. The summed E-state index contributed by atoms with van der Waals surface area (Å²) in [6, 6.07) is 15.4. The Morgan fingerprint density at radius 2 is 0.590 bits per heavy atom. The normalized spacial score (nSPS) is 11.3. The van der Waals surface area contributed by atoms with Gasteiger partial charge < -0.3 is 10.2 Å². The Labute approximate surface area is 245 Å². The minimum atomic E-state index is 0.368. The molecule has 2 aromatic carbocycles. The first-order valence-electron chi connectivity index (χ1n) is 16.4. The van der Waals surface area contributed by atoms with Crippen LogP contribution in [0.1, 0.15) is 140 Å². The summed E-state index contributed by atoms with van der Waals surface area (Å²) in [7, 11) is 0. The Kier molecular flexibility index (Phi) is 20.9. The van der Waals surface area contributed by atoms with E-state index in [1.807, 2.05) is 24.3 Å². The monoisotopic (exact) mass is 554 g/mol. The summed E-state index contributed by atoms with van der Waals surface area (Å²) in [5, 5.41) is 18.7. The highest BCUT2D eigenvalue weighted by molar-refractivity contribution is 7.99. The molecule has 3 heteroatoms. The van der Waals surface area contributed by atoms with Gasteiger partial charge in [-0.25, -0.2) is 0 Å². The minimum Gasteiger partial charge on any atom is -0.508 e. The molecule has 2 nitrogen and oxygen atoms in total. The minimum absolute atomic E-state index is 0.368. The molecule has 2 rings (SSSR count). The van der Waals surface area contributed by atoms with Crippen LogP contribution in [0.2, 0.25) is 0 Å². The van der Waals surface area contributed by atoms with Crippen LogP contribution in [0.4, 0.5) is 0 Å². The molecule has 0 saturated carbocycles. The van der Waals surface area contributed by atoms with Gasteiger partial charge in [-0.1, -0.05) is 127 Å². The molecule has 0 aromatic heterocycles. The Morgan fingerprint density at radius 3 is 0.897 bits per heavy atom. The van der Waals surface area contributed by atoms with Crippen LogP contribution in [0.15, 0.2) is 48.5 Å². The zero-order valence-electron chi connectivity index (χ0n) is 24.9. The lowest BCUT2D eigenvalue weighted by Gasteiger charge is -2.05. The molecule has 0 unspecified atom stereocenters. The van der Waals surface area contributed by atoms with Gasteiger partial charge in [-0.3, -0.25) is 0 Å². The lowest BCUT2D eigenvalue weighted by molar-refractivity contribution is 0.474. The molecule has 0 aliphatic heterocycles. The van der Waals surface area contributed by atoms with E-state index in [0.717, 1.165) is 12.8 Å². The summed E-state index contributed by atoms with van der Waals surface area (Å²) in [5.41, 5.74) is 2.69. The molecule has 0 fully saturated rings. The van der Waals surface area contributed by atoms with Crippen molar-refractivity contribution in [3.8, 4) is 11.5 Å². The third-order valence-corrected chi connectivity index (χ3v) is 9.04. The van der Waals surface area contributed by atoms with Gasteiger partial charge in [0.15, 0.2) is 0 Å². The number of rotatable bonds is 26. The maximum Gasteiger partial charge on any atom is 0.115 e. The summed E-state index contributed by atoms with van der Waals surface area (Å²) in [5.74, 6) is 3.47. The number of thioether (sulfide) groups is 1. The number of hydrogen-bond acceptors (Lipinski definition) is 3. The number of phenols is 2. The molecule has 0 radical (unpaired) electrons. The lowest BCUT2D eigenvalue weighted by atomic mass is 10.0. The summed E-state index contributed by atoms with van der Waals surface area (Å²) in [6.45, 7) is 0. The third kappa shape index (κ3) is 20.0. The van der Waals surface area contributed by atoms with Gasteiger partial charge in [-0.2, -0.15) is 11.8 Å². The van der Waals surface area contributed by atoms with Gasteiger partial charge in [0.25, 0.3) is 0 Å². The van der Waals surface area contributed by atoms with Gasteiger partial charge in [0.05, 0.1) is 0 Å². The van der Waals surface area contributed by atoms with Crippen LogP contribution in [-0.4, -0.2) is 21.7 Å². The third-order valence-electron chi connectivity index (χ3n) is 7.88. The van der Waals surface area contributed by atoms with Crippen molar-refractivity contribution in [3.63, 3.8) is 0 Å². The highest BCUT2D eigenvalue weighted by Gasteiger charge is 1.98. The molecule has 0 spiro atoms. The predicted molar refractivity (Wildman–Crippen MR) is 173 cm³/mol. The van der Waals surface area contributed by atoms with Gasteiger partial charge in [-0.05, 0) is 85.4 Å². The fraction of sp³-hybridized carbons (Fsp3) is 0.667. The first-order valence-corrected chi connectivity index (χ1v) is 17.5. The van der Waals surface area contributed by atoms with Crippen molar-refractivity contribution in [2.45, 2.75) is 141 Å². The number of aryl methyl sites for hydroxylation is 2. The van der Waals surface area contributed by atoms with E-state index < -0.39 is 0 Å². The number of hydrogen-bond donors (Lipinski definition) is 2. The van der Waals surface area contributed by atoms with Crippen LogP contribution in [0, 0.1) is 0 Å². The summed E-state index contributed by atoms with van der Waals surface area (Å²) >= 11 is 2.19. The lowest BCUT2D eigenvalue weighted by Crippen LogP contribution is -1.88. The highest BCUT2D eigenvalue weighted by atomic mass is 32.2. The largest absolute Gasteiger partial charge is 0.508 e. The Balaban J connectivity index is 1.18. The van der Waals surface area contributed by atoms with Crippen LogP contribution in [-0.2, 0) is 12.8 Å². The maximum absolute atomic E-state index is 9.34. The molecule has 2 aromatic rings. The Morgan fingerprint density at radius 1 is 0.333 bits per heavy atom. The number of unbranched alkanes of at least 4 members (excludes halogenated alkanes) is 18. The average molecular weight is 555 g/mol. The van der Waals surface area contributed by atoms with Crippen LogP contribution < -0.4 is 0 Å². The van der Waals surface area contributed by atoms with Crippen LogP contribution in [0.3, 0.4) is 0 Å². The molecule has 0 bridgehead atoms. The maximum atomic E-state index is 9.34. The molecule has 0 saturated heterocycles. The molecular weight excluding hydrogens is 496 g/mol. The molecule has 0 amide bonds. The Bertz CT molecular complexity index is 719. The topological polar surface area (TPSA) is 40.5 Å². The van der Waals surface area contributed by atoms with Gasteiger partial charge in [0.1, 0.15) is 11.5 Å². The van der Waals surface area contributed by atoms with Gasteiger partial charge in [0.2, 0.25) is 0 Å². The molecule has 0 aliphatic carbocycles. The number of aromatic hydroxyl groups is 2. The van der Waals surface area contributed by atoms with Crippen LogP contribution in [0.5, 0.6) is 11.5 Å². The van der Waals surface area contributed by atoms with Crippen LogP contribution >= 0.6 is 11.8 Å². The second-order valence-electron chi connectivity index (χ2n) is 11.5. The van der Waals surface area contributed by atoms with Crippen molar-refractivity contribution in [2.75, 3.05) is 11.5 Å². The molecule has 0 heterocycles. The second-order valence-corrected chi connectivity index (χ2v) is 12.7. The molecule has 2 N–H and O–H groups in total. The van der Waals surface area contributed by atoms with E-state index in [1.54, 1.807) is 24.3 Å². The van der Waals surface area contributed by atoms with Gasteiger partial charge in [0, 0.05) is 0 Å². The summed E-state index contributed by atoms with van der Waals surface area (Å²) in [6.07, 6.45) is 30.1. The van der Waals surface area contributed by atoms with Crippen molar-refractivity contribution < 1.29 is 10.2 Å². The van der Waals surface area contributed by atoms with Gasteiger partial charge >= 0.3 is 0 Å². The van der Waals surface area contributed by atoms with E-state index in [1.165, 1.54) is 151 Å². The average Bonchev–Trinajstić information content (AvgIpc) is 2.95. The van der Waals surface area contributed by atoms with Crippen molar-refractivity contribution in [3.05, 3.63) is 59.7 Å². The van der Waals surface area contributed by atoms with E-state index >= 15 is 0 Å². The Hall–Kier alpha value is -1.61. The zero-order chi connectivity index (χ0) is 27.6. The molecule has 0 atom stereocenters. The van der Waals surface area contributed by atoms with Crippen molar-refractivity contribution in [1.29, 1.82) is 0 Å². The molecule has 0 aliphatic rings. The first kappa shape index (κ1) is 33.6. The predicted octanol–water partition coefficient (Wildman–Crippen LogP) is 11.4. The molecular formula is C36H58O2S. The fourth-order valence-electron chi connectivity index (χ4n) is 5.32. The molecule has 39 heavy (non-hydrogen) atoms. The second kappa shape index (κ2) is 24.2. The smallest absolute Gasteiger partial charge is 0.115 e. The van der Waals surface area contributed by atoms with E-state index in [-0.39, 0.29) is 0 Å². The quantitative estimate of drug-likeness (QED) is 0.114. The summed E-state index contributed by atoms with van der Waals surface area (Å²) < 4.78 is 0. The SMILES string of the molecule is Oc1ccc(CCCCCCCCCCCCSCCCCCCCCCCCCc2ccc(O)cc2)cc1. The van der Waals surface area contributed by atoms with Crippen LogP contribution in [0.25, 0.3) is 0 Å². The summed E-state index contributed by atoms with van der Waals surface area (Å²) in [4.78, 5) is 0. The number of phenolic OH excluding ortho intramolecular Hbond substituents is 2. The van der Waals surface area contributed by atoms with E-state index in [4.69, 9.17) is 0 Å². The van der Waals surface area contributed by atoms with Gasteiger partial charge in [-0.15, -0.1) is 0 Å². The molecule has 220 valence electrons. The fourth-order valence-corrected chi connectivity index (χ4v) is 6.34. The van der Waals surface area contributed by atoms with Crippen molar-refractivity contribution in [1.82, 2.24) is 0 Å². The zero-order valence-corrected chi connectivity index (χ0v) is 25.7. The van der Waals surface area contributed by atoms with Crippen molar-refractivity contribution >= 4 is 11.8 Å². The first-order chi connectivity index (χ1) is 19.2. The van der Waals surface area contributed by atoms with Crippen molar-refractivity contribution in [2.24, 2.45) is 0 Å². The standard InChI is InChI=1S/C36H58O2S/c37-35-27-23-33(24-28-35)21-17-13-9-5-1-3-7-11-15-19-31-39-32-20-16-12-8-4-2-6-10-14-18-22-34-25-29-36(38)30-26-34/h23-30,37-38H,1-22,31-32H2. The van der Waals surface area contributed by atoms with E-state index in [0.29, 0.717) is 11.5 Å².